The highest BCUT2D eigenvalue weighted by atomic mass is 16.5. The molecule has 0 saturated heterocycles. The molecule has 0 aromatic carbocycles. The van der Waals surface area contributed by atoms with Crippen LogP contribution in [0.25, 0.3) is 0 Å². The van der Waals surface area contributed by atoms with Gasteiger partial charge in [-0.25, -0.2) is 0 Å². The lowest BCUT2D eigenvalue weighted by Crippen LogP contribution is -2.34. The van der Waals surface area contributed by atoms with Crippen LogP contribution in [0.2, 0.25) is 0 Å². The molecule has 5 nitrogen and oxygen atoms in total. The molecular weight excluding hydrogens is 194 g/mol. The van der Waals surface area contributed by atoms with Crippen molar-refractivity contribution in [1.29, 1.82) is 0 Å². The molecular formula is C10H17N3O2. The van der Waals surface area contributed by atoms with Crippen molar-refractivity contribution in [2.24, 2.45) is 5.73 Å². The molecule has 0 aliphatic heterocycles. The fourth-order valence-electron chi connectivity index (χ4n) is 1.39. The van der Waals surface area contributed by atoms with Crippen molar-refractivity contribution in [1.82, 2.24) is 10.2 Å². The molecule has 1 aromatic rings. The largest absolute Gasteiger partial charge is 0.465 e. The maximum absolute atomic E-state index is 11.3. The van der Waals surface area contributed by atoms with Gasteiger partial charge in [0, 0.05) is 12.1 Å². The second-order valence-corrected chi connectivity index (χ2v) is 3.29. The molecule has 1 aromatic heterocycles. The Kier molecular flexibility index (Phi) is 4.30. The Morgan fingerprint density at radius 2 is 2.40 bits per heavy atom. The fourth-order valence-corrected chi connectivity index (χ4v) is 1.39. The van der Waals surface area contributed by atoms with Gasteiger partial charge in [-0.15, -0.1) is 0 Å². The Hall–Kier alpha value is -1.36. The average molecular weight is 211 g/mol. The summed E-state index contributed by atoms with van der Waals surface area (Å²) in [6, 6.07) is -0.604. The van der Waals surface area contributed by atoms with Gasteiger partial charge in [0.2, 0.25) is 0 Å². The van der Waals surface area contributed by atoms with Crippen LogP contribution in [0.4, 0.5) is 0 Å². The number of ether oxygens (including phenoxy) is 1. The van der Waals surface area contributed by atoms with Crippen molar-refractivity contribution in [2.45, 2.75) is 32.7 Å². The van der Waals surface area contributed by atoms with Crippen molar-refractivity contribution in [3.05, 3.63) is 17.5 Å². The first-order chi connectivity index (χ1) is 7.19. The Bertz CT molecular complexity index is 322. The molecule has 1 atom stereocenters. The number of aromatic nitrogens is 2. The number of hydrogen-bond acceptors (Lipinski definition) is 4. The molecule has 0 aliphatic carbocycles. The first kappa shape index (κ1) is 11.7. The minimum atomic E-state index is -0.604. The second kappa shape index (κ2) is 5.50. The zero-order valence-electron chi connectivity index (χ0n) is 9.12. The number of esters is 1. The first-order valence-corrected chi connectivity index (χ1v) is 5.12. The lowest BCUT2D eigenvalue weighted by molar-refractivity contribution is -0.144. The van der Waals surface area contributed by atoms with Gasteiger partial charge in [0.25, 0.3) is 0 Å². The second-order valence-electron chi connectivity index (χ2n) is 3.29. The van der Waals surface area contributed by atoms with Crippen LogP contribution >= 0.6 is 0 Å². The quantitative estimate of drug-likeness (QED) is 0.691. The van der Waals surface area contributed by atoms with Crippen LogP contribution in [0.1, 0.15) is 25.1 Å². The fraction of sp³-hybridized carbons (Fsp3) is 0.600. The number of nitrogens with one attached hydrogen (secondary N) is 1. The molecule has 1 rings (SSSR count). The Morgan fingerprint density at radius 1 is 1.67 bits per heavy atom. The van der Waals surface area contributed by atoms with Crippen LogP contribution < -0.4 is 5.73 Å². The Balaban J connectivity index is 2.57. The van der Waals surface area contributed by atoms with Gasteiger partial charge < -0.3 is 10.5 Å². The van der Waals surface area contributed by atoms with Gasteiger partial charge in [0.05, 0.1) is 12.8 Å². The summed E-state index contributed by atoms with van der Waals surface area (Å²) in [5.41, 5.74) is 7.71. The molecule has 1 unspecified atom stereocenters. The van der Waals surface area contributed by atoms with E-state index < -0.39 is 6.04 Å². The highest BCUT2D eigenvalue weighted by molar-refractivity contribution is 5.75. The molecule has 0 saturated carbocycles. The van der Waals surface area contributed by atoms with Crippen molar-refractivity contribution in [2.75, 3.05) is 6.61 Å². The maximum Gasteiger partial charge on any atom is 0.323 e. The number of H-pyrrole nitrogens is 1. The van der Waals surface area contributed by atoms with E-state index >= 15 is 0 Å². The van der Waals surface area contributed by atoms with E-state index in [1.807, 2.05) is 6.92 Å². The summed E-state index contributed by atoms with van der Waals surface area (Å²) < 4.78 is 4.83. The average Bonchev–Trinajstić information content (AvgIpc) is 2.65. The number of carbonyl (C=O) groups is 1. The smallest absolute Gasteiger partial charge is 0.323 e. The van der Waals surface area contributed by atoms with Gasteiger partial charge in [-0.2, -0.15) is 5.10 Å². The van der Waals surface area contributed by atoms with Crippen LogP contribution in [-0.4, -0.2) is 28.8 Å². The van der Waals surface area contributed by atoms with Crippen LogP contribution in [-0.2, 0) is 22.4 Å². The molecule has 0 radical (unpaired) electrons. The summed E-state index contributed by atoms with van der Waals surface area (Å²) in [5.74, 6) is -0.360. The van der Waals surface area contributed by atoms with E-state index in [9.17, 15) is 4.79 Å². The number of rotatable bonds is 5. The number of nitrogens with zero attached hydrogens (tertiary/aromatic N) is 1. The van der Waals surface area contributed by atoms with Crippen LogP contribution in [0.15, 0.2) is 6.20 Å². The van der Waals surface area contributed by atoms with Crippen molar-refractivity contribution in [3.8, 4) is 0 Å². The third-order valence-electron chi connectivity index (χ3n) is 2.19. The van der Waals surface area contributed by atoms with Gasteiger partial charge in [0.15, 0.2) is 0 Å². The first-order valence-electron chi connectivity index (χ1n) is 5.12. The summed E-state index contributed by atoms with van der Waals surface area (Å²) in [6.45, 7) is 4.14. The van der Waals surface area contributed by atoms with Gasteiger partial charge >= 0.3 is 5.97 Å². The van der Waals surface area contributed by atoms with Crippen molar-refractivity contribution >= 4 is 5.97 Å². The van der Waals surface area contributed by atoms with Crippen LogP contribution in [0.5, 0.6) is 0 Å². The number of hydrogen-bond donors (Lipinski definition) is 2. The highest BCUT2D eigenvalue weighted by Gasteiger charge is 2.17. The predicted octanol–water partition coefficient (Wildman–Crippen LogP) is 0.405. The van der Waals surface area contributed by atoms with E-state index in [1.54, 1.807) is 13.1 Å². The Morgan fingerprint density at radius 3 is 3.00 bits per heavy atom. The Labute approximate surface area is 89.0 Å². The van der Waals surface area contributed by atoms with E-state index in [2.05, 4.69) is 10.2 Å². The van der Waals surface area contributed by atoms with E-state index in [4.69, 9.17) is 10.5 Å². The van der Waals surface area contributed by atoms with E-state index in [-0.39, 0.29) is 5.97 Å². The number of carbonyl (C=O) groups excluding carboxylic acids is 1. The van der Waals surface area contributed by atoms with Crippen molar-refractivity contribution in [3.63, 3.8) is 0 Å². The third kappa shape index (κ3) is 3.06. The topological polar surface area (TPSA) is 81.0 Å². The predicted molar refractivity (Wildman–Crippen MR) is 56.3 cm³/mol. The standard InChI is InChI=1S/C10H17N3O2/c1-3-9-7(6-12-13-9)5-8(11)10(14)15-4-2/h6,8H,3-5,11H2,1-2H3,(H,12,13). The minimum absolute atomic E-state index is 0.360. The minimum Gasteiger partial charge on any atom is -0.465 e. The van der Waals surface area contributed by atoms with Gasteiger partial charge in [-0.05, 0) is 18.9 Å². The normalized spacial score (nSPS) is 12.5. The van der Waals surface area contributed by atoms with E-state index in [0.29, 0.717) is 13.0 Å². The van der Waals surface area contributed by atoms with E-state index in [0.717, 1.165) is 17.7 Å². The monoisotopic (exact) mass is 211 g/mol. The maximum atomic E-state index is 11.3. The molecule has 1 heterocycles. The zero-order chi connectivity index (χ0) is 11.3. The van der Waals surface area contributed by atoms with Crippen molar-refractivity contribution < 1.29 is 9.53 Å². The SMILES string of the molecule is CCOC(=O)C(N)Cc1cn[nH]c1CC. The molecule has 5 heteroatoms. The molecule has 0 fully saturated rings. The summed E-state index contributed by atoms with van der Waals surface area (Å²) in [7, 11) is 0. The third-order valence-corrected chi connectivity index (χ3v) is 2.19. The number of nitrogens with two attached hydrogens (primary N) is 1. The summed E-state index contributed by atoms with van der Waals surface area (Å²) in [6.07, 6.45) is 3.03. The van der Waals surface area contributed by atoms with Crippen LogP contribution in [0, 0.1) is 0 Å². The summed E-state index contributed by atoms with van der Waals surface area (Å²) in [4.78, 5) is 11.3. The lowest BCUT2D eigenvalue weighted by Gasteiger charge is -2.09. The van der Waals surface area contributed by atoms with Gasteiger partial charge in [0.1, 0.15) is 6.04 Å². The summed E-state index contributed by atoms with van der Waals surface area (Å²) >= 11 is 0. The number of aryl methyl sites for hydroxylation is 1. The molecule has 3 N–H and O–H groups in total. The van der Waals surface area contributed by atoms with E-state index in [1.165, 1.54) is 0 Å². The molecule has 0 bridgehead atoms. The lowest BCUT2D eigenvalue weighted by atomic mass is 10.1. The van der Waals surface area contributed by atoms with Gasteiger partial charge in [-0.3, -0.25) is 9.89 Å². The summed E-state index contributed by atoms with van der Waals surface area (Å²) in [5, 5.41) is 6.79. The van der Waals surface area contributed by atoms with Gasteiger partial charge in [-0.1, -0.05) is 6.92 Å². The molecule has 15 heavy (non-hydrogen) atoms. The molecule has 0 aliphatic rings. The molecule has 0 spiro atoms. The van der Waals surface area contributed by atoms with Crippen LogP contribution in [0.3, 0.4) is 0 Å². The zero-order valence-corrected chi connectivity index (χ0v) is 9.12. The molecule has 84 valence electrons. The molecule has 0 amide bonds. The highest BCUT2D eigenvalue weighted by Crippen LogP contribution is 2.08. The number of aromatic amines is 1.